The van der Waals surface area contributed by atoms with Crippen LogP contribution in [0.2, 0.25) is 0 Å². The van der Waals surface area contributed by atoms with Gasteiger partial charge in [-0.25, -0.2) is 9.50 Å². The van der Waals surface area contributed by atoms with E-state index in [1.54, 1.807) is 6.07 Å². The Balaban J connectivity index is 1.41. The summed E-state index contributed by atoms with van der Waals surface area (Å²) in [5, 5.41) is 7.49. The Morgan fingerprint density at radius 3 is 2.56 bits per heavy atom. The molecule has 0 spiro atoms. The Morgan fingerprint density at radius 1 is 1.09 bits per heavy atom. The summed E-state index contributed by atoms with van der Waals surface area (Å²) in [4.78, 5) is 31.9. The van der Waals surface area contributed by atoms with Crippen molar-refractivity contribution >= 4 is 34.9 Å². The minimum absolute atomic E-state index is 0.0595. The summed E-state index contributed by atoms with van der Waals surface area (Å²) in [5.41, 5.74) is 7.05. The van der Waals surface area contributed by atoms with Gasteiger partial charge in [-0.3, -0.25) is 9.59 Å². The molecule has 2 amide bonds. The van der Waals surface area contributed by atoms with Gasteiger partial charge in [-0.2, -0.15) is 16.9 Å². The lowest BCUT2D eigenvalue weighted by atomic mass is 10.1. The molecule has 0 radical (unpaired) electrons. The standard InChI is InChI=1S/C24H29N5O2S/c1-15-13-19(24(31)28-9-11-32-12-10-28)5-7-21(15)26-23(30)8-6-20-17(3)25-22-14-16(2)27-29(22)18(20)4/h5,7,13-14H,6,8-12H2,1-4H3,(H,26,30). The van der Waals surface area contributed by atoms with Crippen LogP contribution in [0.25, 0.3) is 5.65 Å². The number of rotatable bonds is 5. The second kappa shape index (κ2) is 9.32. The molecule has 1 aromatic carbocycles. The second-order valence-corrected chi connectivity index (χ2v) is 9.52. The zero-order chi connectivity index (χ0) is 22.8. The summed E-state index contributed by atoms with van der Waals surface area (Å²) >= 11 is 1.88. The van der Waals surface area contributed by atoms with Crippen LogP contribution in [0.3, 0.4) is 0 Å². The number of carbonyl (C=O) groups excluding carboxylic acids is 2. The molecule has 1 aliphatic rings. The van der Waals surface area contributed by atoms with Gasteiger partial charge in [-0.05, 0) is 63.4 Å². The fourth-order valence-corrected chi connectivity index (χ4v) is 5.04. The van der Waals surface area contributed by atoms with Gasteiger partial charge in [0.25, 0.3) is 5.91 Å². The summed E-state index contributed by atoms with van der Waals surface area (Å²) in [6.07, 6.45) is 0.939. The number of anilines is 1. The van der Waals surface area contributed by atoms with Crippen molar-refractivity contribution in [2.75, 3.05) is 29.9 Å². The summed E-state index contributed by atoms with van der Waals surface area (Å²) in [5.74, 6) is 1.98. The number of nitrogens with one attached hydrogen (secondary N) is 1. The Kier molecular flexibility index (Phi) is 6.50. The topological polar surface area (TPSA) is 79.6 Å². The molecule has 3 aromatic rings. The van der Waals surface area contributed by atoms with E-state index in [0.717, 1.165) is 64.1 Å². The van der Waals surface area contributed by atoms with Gasteiger partial charge in [-0.15, -0.1) is 0 Å². The van der Waals surface area contributed by atoms with Crippen molar-refractivity contribution in [2.45, 2.75) is 40.5 Å². The maximum Gasteiger partial charge on any atom is 0.253 e. The summed E-state index contributed by atoms with van der Waals surface area (Å²) < 4.78 is 1.84. The molecule has 1 saturated heterocycles. The maximum absolute atomic E-state index is 12.7. The maximum atomic E-state index is 12.7. The number of nitrogens with zero attached hydrogens (tertiary/aromatic N) is 4. The molecule has 0 bridgehead atoms. The van der Waals surface area contributed by atoms with Gasteiger partial charge in [0.1, 0.15) is 0 Å². The minimum atomic E-state index is -0.0595. The van der Waals surface area contributed by atoms with Crippen LogP contribution in [0.5, 0.6) is 0 Å². The van der Waals surface area contributed by atoms with Gasteiger partial charge < -0.3 is 10.2 Å². The van der Waals surface area contributed by atoms with E-state index in [1.807, 2.05) is 67.1 Å². The Bertz CT molecular complexity index is 1180. The van der Waals surface area contributed by atoms with Crippen molar-refractivity contribution < 1.29 is 9.59 Å². The average molecular weight is 452 g/mol. The fourth-order valence-electron chi connectivity index (χ4n) is 4.14. The van der Waals surface area contributed by atoms with Gasteiger partial charge in [0.15, 0.2) is 5.65 Å². The van der Waals surface area contributed by atoms with Crippen LogP contribution >= 0.6 is 11.8 Å². The van der Waals surface area contributed by atoms with Crippen molar-refractivity contribution in [3.8, 4) is 0 Å². The quantitative estimate of drug-likeness (QED) is 0.640. The number of carbonyl (C=O) groups is 2. The number of benzene rings is 1. The number of aromatic nitrogens is 3. The molecule has 2 aromatic heterocycles. The number of fused-ring (bicyclic) bond motifs is 1. The van der Waals surface area contributed by atoms with E-state index in [9.17, 15) is 9.59 Å². The van der Waals surface area contributed by atoms with Crippen LogP contribution in [-0.2, 0) is 11.2 Å². The van der Waals surface area contributed by atoms with Crippen molar-refractivity contribution in [3.05, 3.63) is 58.0 Å². The first-order chi connectivity index (χ1) is 15.3. The summed E-state index contributed by atoms with van der Waals surface area (Å²) in [6.45, 7) is 9.44. The zero-order valence-electron chi connectivity index (χ0n) is 19.1. The van der Waals surface area contributed by atoms with E-state index in [4.69, 9.17) is 0 Å². The third-order valence-electron chi connectivity index (χ3n) is 5.93. The van der Waals surface area contributed by atoms with Crippen LogP contribution in [0.1, 0.15) is 45.0 Å². The smallest absolute Gasteiger partial charge is 0.253 e. The van der Waals surface area contributed by atoms with Crippen LogP contribution in [-0.4, -0.2) is 55.9 Å². The Labute approximate surface area is 192 Å². The van der Waals surface area contributed by atoms with Crippen molar-refractivity contribution in [1.29, 1.82) is 0 Å². The highest BCUT2D eigenvalue weighted by atomic mass is 32.2. The number of hydrogen-bond acceptors (Lipinski definition) is 5. The first kappa shape index (κ1) is 22.3. The lowest BCUT2D eigenvalue weighted by Gasteiger charge is -2.26. The highest BCUT2D eigenvalue weighted by Gasteiger charge is 2.19. The summed E-state index contributed by atoms with van der Waals surface area (Å²) in [6, 6.07) is 7.46. The predicted molar refractivity (Wildman–Crippen MR) is 129 cm³/mol. The van der Waals surface area contributed by atoms with Gasteiger partial charge in [-0.1, -0.05) is 0 Å². The van der Waals surface area contributed by atoms with Crippen LogP contribution < -0.4 is 5.32 Å². The highest BCUT2D eigenvalue weighted by molar-refractivity contribution is 7.99. The molecular weight excluding hydrogens is 422 g/mol. The molecule has 168 valence electrons. The van der Waals surface area contributed by atoms with E-state index in [0.29, 0.717) is 18.4 Å². The number of aryl methyl sites for hydroxylation is 4. The van der Waals surface area contributed by atoms with Crippen molar-refractivity contribution in [2.24, 2.45) is 0 Å². The van der Waals surface area contributed by atoms with E-state index < -0.39 is 0 Å². The number of amides is 2. The lowest BCUT2D eigenvalue weighted by Crippen LogP contribution is -2.37. The van der Waals surface area contributed by atoms with E-state index in [-0.39, 0.29) is 11.8 Å². The normalized spacial score (nSPS) is 14.1. The monoisotopic (exact) mass is 451 g/mol. The zero-order valence-corrected chi connectivity index (χ0v) is 19.9. The molecule has 0 saturated carbocycles. The van der Waals surface area contributed by atoms with Crippen molar-refractivity contribution in [1.82, 2.24) is 19.5 Å². The molecule has 4 rings (SSSR count). The molecule has 7 nitrogen and oxygen atoms in total. The molecule has 0 unspecified atom stereocenters. The van der Waals surface area contributed by atoms with Gasteiger partial charge >= 0.3 is 0 Å². The third kappa shape index (κ3) is 4.65. The predicted octanol–water partition coefficient (Wildman–Crippen LogP) is 3.72. The van der Waals surface area contributed by atoms with E-state index in [1.165, 1.54) is 0 Å². The van der Waals surface area contributed by atoms with Gasteiger partial charge in [0, 0.05) is 59.7 Å². The molecular formula is C24H29N5O2S. The molecule has 1 fully saturated rings. The SMILES string of the molecule is Cc1cc2nc(C)c(CCC(=O)Nc3ccc(C(=O)N4CCSCC4)cc3C)c(C)n2n1. The summed E-state index contributed by atoms with van der Waals surface area (Å²) in [7, 11) is 0. The molecule has 1 N–H and O–H groups in total. The first-order valence-corrected chi connectivity index (χ1v) is 12.1. The van der Waals surface area contributed by atoms with E-state index >= 15 is 0 Å². The lowest BCUT2D eigenvalue weighted by molar-refractivity contribution is -0.116. The van der Waals surface area contributed by atoms with Crippen LogP contribution in [0.4, 0.5) is 5.69 Å². The molecule has 0 atom stereocenters. The van der Waals surface area contributed by atoms with E-state index in [2.05, 4.69) is 15.4 Å². The molecule has 3 heterocycles. The highest BCUT2D eigenvalue weighted by Crippen LogP contribution is 2.21. The number of thioether (sulfide) groups is 1. The van der Waals surface area contributed by atoms with Gasteiger partial charge in [0.2, 0.25) is 5.91 Å². The van der Waals surface area contributed by atoms with Gasteiger partial charge in [0.05, 0.1) is 5.69 Å². The molecule has 0 aliphatic carbocycles. The molecule has 32 heavy (non-hydrogen) atoms. The third-order valence-corrected chi connectivity index (χ3v) is 6.88. The minimum Gasteiger partial charge on any atom is -0.337 e. The fraction of sp³-hybridized carbons (Fsp3) is 0.417. The number of hydrogen-bond donors (Lipinski definition) is 1. The Hall–Kier alpha value is -2.87. The first-order valence-electron chi connectivity index (χ1n) is 10.9. The van der Waals surface area contributed by atoms with Crippen LogP contribution in [0, 0.1) is 27.7 Å². The largest absolute Gasteiger partial charge is 0.337 e. The van der Waals surface area contributed by atoms with Crippen molar-refractivity contribution in [3.63, 3.8) is 0 Å². The van der Waals surface area contributed by atoms with Crippen LogP contribution in [0.15, 0.2) is 24.3 Å². The molecule has 1 aliphatic heterocycles. The average Bonchev–Trinajstić information content (AvgIpc) is 3.15. The molecule has 8 heteroatoms. The second-order valence-electron chi connectivity index (χ2n) is 8.30. The Morgan fingerprint density at radius 2 is 1.84 bits per heavy atom.